The maximum Gasteiger partial charge on any atom is 0.508 e. The second-order valence-electron chi connectivity index (χ2n) is 6.67. The van der Waals surface area contributed by atoms with E-state index in [0.29, 0.717) is 0 Å². The van der Waals surface area contributed by atoms with E-state index in [2.05, 4.69) is 0 Å². The van der Waals surface area contributed by atoms with Crippen LogP contribution in [-0.4, -0.2) is 73.5 Å². The molecular formula is C16H28O8. The Morgan fingerprint density at radius 2 is 1.79 bits per heavy atom. The highest BCUT2D eigenvalue weighted by atomic mass is 16.8. The predicted molar refractivity (Wildman–Crippen MR) is 82.5 cm³/mol. The molecule has 8 nitrogen and oxygen atoms in total. The van der Waals surface area contributed by atoms with Gasteiger partial charge in [-0.15, -0.1) is 0 Å². The average molecular weight is 348 g/mol. The molecule has 24 heavy (non-hydrogen) atoms. The normalized spacial score (nSPS) is 38.0. The summed E-state index contributed by atoms with van der Waals surface area (Å²) < 4.78 is 33.2. The zero-order valence-electron chi connectivity index (χ0n) is 15.1. The molecule has 0 radical (unpaired) electrons. The Morgan fingerprint density at radius 3 is 2.33 bits per heavy atom. The number of methoxy groups -OCH3 is 1. The van der Waals surface area contributed by atoms with Gasteiger partial charge in [0.05, 0.1) is 12.7 Å². The fraction of sp³-hybridized carbons (Fsp3) is 0.938. The van der Waals surface area contributed by atoms with E-state index in [4.69, 9.17) is 28.4 Å². The van der Waals surface area contributed by atoms with Crippen LogP contribution < -0.4 is 0 Å². The molecule has 0 aromatic carbocycles. The highest BCUT2D eigenvalue weighted by molar-refractivity contribution is 5.60. The van der Waals surface area contributed by atoms with Gasteiger partial charge in [-0.05, 0) is 34.6 Å². The van der Waals surface area contributed by atoms with Gasteiger partial charge in [0.1, 0.15) is 30.5 Å². The Morgan fingerprint density at radius 1 is 1.17 bits per heavy atom. The second-order valence-corrected chi connectivity index (χ2v) is 6.67. The van der Waals surface area contributed by atoms with Gasteiger partial charge in [0.15, 0.2) is 11.9 Å². The number of rotatable bonds is 5. The van der Waals surface area contributed by atoms with Crippen LogP contribution >= 0.6 is 0 Å². The number of ether oxygens (including phenoxy) is 6. The largest absolute Gasteiger partial charge is 0.508 e. The van der Waals surface area contributed by atoms with Crippen molar-refractivity contribution in [3.63, 3.8) is 0 Å². The molecule has 1 N–H and O–H groups in total. The highest BCUT2D eigenvalue weighted by Crippen LogP contribution is 2.40. The van der Waals surface area contributed by atoms with E-state index in [-0.39, 0.29) is 12.7 Å². The molecule has 1 aliphatic heterocycles. The third-order valence-corrected chi connectivity index (χ3v) is 4.00. The van der Waals surface area contributed by atoms with E-state index in [1.807, 2.05) is 13.8 Å². The van der Waals surface area contributed by atoms with Crippen LogP contribution in [0.4, 0.5) is 4.79 Å². The lowest BCUT2D eigenvalue weighted by Gasteiger charge is -2.44. The van der Waals surface area contributed by atoms with Crippen LogP contribution in [0.15, 0.2) is 0 Å². The molecule has 0 aromatic heterocycles. The van der Waals surface area contributed by atoms with Gasteiger partial charge >= 0.3 is 6.16 Å². The first kappa shape index (κ1) is 19.4. The Labute approximate surface area is 142 Å². The number of carbonyl (C=O) groups excluding carboxylic acids is 1. The number of aliphatic hydroxyl groups is 1. The Hall–Kier alpha value is -0.930. The molecule has 2 aliphatic rings. The zero-order valence-corrected chi connectivity index (χ0v) is 15.1. The second kappa shape index (κ2) is 7.53. The first-order valence-electron chi connectivity index (χ1n) is 8.25. The van der Waals surface area contributed by atoms with Crippen molar-refractivity contribution < 1.29 is 38.3 Å². The van der Waals surface area contributed by atoms with Gasteiger partial charge in [0.25, 0.3) is 0 Å². The number of fused-ring (bicyclic) bond motifs is 1. The molecule has 1 saturated heterocycles. The van der Waals surface area contributed by atoms with E-state index in [1.54, 1.807) is 20.8 Å². The topological polar surface area (TPSA) is 92.7 Å². The first-order valence-corrected chi connectivity index (χ1v) is 8.25. The minimum absolute atomic E-state index is 0.181. The Balaban J connectivity index is 2.29. The van der Waals surface area contributed by atoms with Crippen LogP contribution in [0.2, 0.25) is 0 Å². The maximum atomic E-state index is 11.8. The van der Waals surface area contributed by atoms with Crippen LogP contribution in [0, 0.1) is 0 Å². The smallest absolute Gasteiger partial charge is 0.435 e. The average Bonchev–Trinajstić information content (AvgIpc) is 2.79. The van der Waals surface area contributed by atoms with Crippen LogP contribution in [-0.2, 0) is 28.4 Å². The molecule has 1 heterocycles. The van der Waals surface area contributed by atoms with Crippen molar-refractivity contribution in [2.24, 2.45) is 0 Å². The molecule has 0 bridgehead atoms. The quantitative estimate of drug-likeness (QED) is 0.742. The predicted octanol–water partition coefficient (Wildman–Crippen LogP) is 1.23. The summed E-state index contributed by atoms with van der Waals surface area (Å²) in [6.07, 6.45) is -5.67. The van der Waals surface area contributed by atoms with Gasteiger partial charge in [0, 0.05) is 7.11 Å². The molecule has 2 rings (SSSR count). The highest BCUT2D eigenvalue weighted by Gasteiger charge is 2.60. The van der Waals surface area contributed by atoms with E-state index in [9.17, 15) is 9.90 Å². The molecule has 6 unspecified atom stereocenters. The standard InChI is InChI=1S/C16H28O8/c1-7-20-15(18)22-13-10(21-8(2)3)9(17)11-14(12(13)19-6)24-16(4,5)23-11/h8-14,17H,7H2,1-6H3. The number of aliphatic hydroxyl groups excluding tert-OH is 1. The summed E-state index contributed by atoms with van der Waals surface area (Å²) in [7, 11) is 1.49. The van der Waals surface area contributed by atoms with Crippen molar-refractivity contribution in [2.45, 2.75) is 83.1 Å². The third-order valence-electron chi connectivity index (χ3n) is 4.00. The summed E-state index contributed by atoms with van der Waals surface area (Å²) in [4.78, 5) is 11.8. The molecular weight excluding hydrogens is 320 g/mol. The van der Waals surface area contributed by atoms with Crippen LogP contribution in [0.5, 0.6) is 0 Å². The van der Waals surface area contributed by atoms with Gasteiger partial charge < -0.3 is 33.5 Å². The van der Waals surface area contributed by atoms with Crippen molar-refractivity contribution in [1.82, 2.24) is 0 Å². The fourth-order valence-corrected chi connectivity index (χ4v) is 3.23. The lowest BCUT2D eigenvalue weighted by molar-refractivity contribution is -0.226. The van der Waals surface area contributed by atoms with Gasteiger partial charge in [-0.1, -0.05) is 0 Å². The van der Waals surface area contributed by atoms with Crippen molar-refractivity contribution >= 4 is 6.16 Å². The van der Waals surface area contributed by atoms with Gasteiger partial charge in [-0.25, -0.2) is 4.79 Å². The Bertz CT molecular complexity index is 438. The zero-order chi connectivity index (χ0) is 18.1. The Kier molecular flexibility index (Phi) is 6.09. The van der Waals surface area contributed by atoms with Crippen molar-refractivity contribution in [2.75, 3.05) is 13.7 Å². The molecule has 140 valence electrons. The van der Waals surface area contributed by atoms with E-state index < -0.39 is 48.6 Å². The summed E-state index contributed by atoms with van der Waals surface area (Å²) in [5.41, 5.74) is 0. The molecule has 6 atom stereocenters. The first-order chi connectivity index (χ1) is 11.2. The molecule has 0 amide bonds. The van der Waals surface area contributed by atoms with Crippen molar-refractivity contribution in [1.29, 1.82) is 0 Å². The molecule has 0 aromatic rings. The minimum atomic E-state index is -1.04. The van der Waals surface area contributed by atoms with Crippen LogP contribution in [0.25, 0.3) is 0 Å². The van der Waals surface area contributed by atoms with E-state index in [1.165, 1.54) is 7.11 Å². The summed E-state index contributed by atoms with van der Waals surface area (Å²) in [5.74, 6) is -0.881. The minimum Gasteiger partial charge on any atom is -0.435 e. The summed E-state index contributed by atoms with van der Waals surface area (Å²) >= 11 is 0. The molecule has 0 spiro atoms. The summed E-state index contributed by atoms with van der Waals surface area (Å²) in [6.45, 7) is 9.03. The van der Waals surface area contributed by atoms with Gasteiger partial charge in [-0.3, -0.25) is 0 Å². The summed E-state index contributed by atoms with van der Waals surface area (Å²) in [5, 5.41) is 10.7. The van der Waals surface area contributed by atoms with Gasteiger partial charge in [-0.2, -0.15) is 0 Å². The van der Waals surface area contributed by atoms with E-state index in [0.717, 1.165) is 0 Å². The number of hydrogen-bond acceptors (Lipinski definition) is 8. The molecule has 1 saturated carbocycles. The lowest BCUT2D eigenvalue weighted by Crippen LogP contribution is -2.65. The number of carbonyl (C=O) groups is 1. The van der Waals surface area contributed by atoms with Crippen molar-refractivity contribution in [3.05, 3.63) is 0 Å². The van der Waals surface area contributed by atoms with Crippen LogP contribution in [0.3, 0.4) is 0 Å². The number of hydrogen-bond donors (Lipinski definition) is 1. The monoisotopic (exact) mass is 348 g/mol. The molecule has 8 heteroatoms. The third kappa shape index (κ3) is 4.00. The van der Waals surface area contributed by atoms with Crippen LogP contribution in [0.1, 0.15) is 34.6 Å². The SMILES string of the molecule is CCOC(=O)OC1C(OC(C)C)C(O)C2OC(C)(C)OC2C1OC. The summed E-state index contributed by atoms with van der Waals surface area (Å²) in [6, 6.07) is 0. The molecule has 1 aliphatic carbocycles. The lowest BCUT2D eigenvalue weighted by atomic mass is 9.84. The van der Waals surface area contributed by atoms with E-state index >= 15 is 0 Å². The maximum absolute atomic E-state index is 11.8. The fourth-order valence-electron chi connectivity index (χ4n) is 3.23. The van der Waals surface area contributed by atoms with Crippen molar-refractivity contribution in [3.8, 4) is 0 Å². The van der Waals surface area contributed by atoms with Gasteiger partial charge in [0.2, 0.25) is 0 Å². The molecule has 2 fully saturated rings.